The molecule has 0 saturated heterocycles. The molecule has 0 unspecified atom stereocenters. The van der Waals surface area contributed by atoms with Gasteiger partial charge in [0.15, 0.2) is 5.16 Å². The van der Waals surface area contributed by atoms with E-state index in [1.165, 1.54) is 11.8 Å². The first kappa shape index (κ1) is 20.9. The van der Waals surface area contributed by atoms with Crippen LogP contribution in [0.3, 0.4) is 0 Å². The van der Waals surface area contributed by atoms with Gasteiger partial charge in [0.05, 0.1) is 7.11 Å². The van der Waals surface area contributed by atoms with E-state index in [-0.39, 0.29) is 5.91 Å². The minimum absolute atomic E-state index is 0.113. The molecule has 1 heterocycles. The average Bonchev–Trinajstić information content (AvgIpc) is 3.20. The summed E-state index contributed by atoms with van der Waals surface area (Å²) >= 11 is 1.42. The van der Waals surface area contributed by atoms with Crippen molar-refractivity contribution in [1.29, 1.82) is 0 Å². The van der Waals surface area contributed by atoms with Gasteiger partial charge in [0.2, 0.25) is 5.91 Å². The molecule has 1 amide bonds. The molecule has 3 rings (SSSR count). The number of amides is 1. The van der Waals surface area contributed by atoms with Crippen molar-refractivity contribution < 1.29 is 9.53 Å². The Kier molecular flexibility index (Phi) is 7.69. The number of aryl methyl sites for hydroxylation is 1. The number of unbranched alkanes of at least 4 members (excludes halogenated alkanes) is 2. The van der Waals surface area contributed by atoms with Crippen molar-refractivity contribution in [1.82, 2.24) is 14.8 Å². The summed E-state index contributed by atoms with van der Waals surface area (Å²) in [5, 5.41) is 11.6. The van der Waals surface area contributed by atoms with Gasteiger partial charge in [-0.25, -0.2) is 0 Å². The molecular formula is C22H26N4O2S. The van der Waals surface area contributed by atoms with E-state index in [1.807, 2.05) is 53.1 Å². The SMILES string of the molecule is CCCCCn1cnnc1S[C@H](C(=O)Nc1cccc(OC)c1)c1ccccc1. The van der Waals surface area contributed by atoms with Crippen LogP contribution in [0.25, 0.3) is 0 Å². The summed E-state index contributed by atoms with van der Waals surface area (Å²) in [6.07, 6.45) is 5.11. The third-order valence-electron chi connectivity index (χ3n) is 4.48. The highest BCUT2D eigenvalue weighted by Crippen LogP contribution is 2.35. The molecule has 0 saturated carbocycles. The zero-order chi connectivity index (χ0) is 20.5. The van der Waals surface area contributed by atoms with Crippen molar-refractivity contribution in [3.05, 3.63) is 66.5 Å². The fraction of sp³-hybridized carbons (Fsp3) is 0.318. The molecule has 1 aromatic heterocycles. The van der Waals surface area contributed by atoms with E-state index in [2.05, 4.69) is 22.4 Å². The Hall–Kier alpha value is -2.80. The van der Waals surface area contributed by atoms with Gasteiger partial charge in [-0.1, -0.05) is 67.9 Å². The van der Waals surface area contributed by atoms with E-state index in [4.69, 9.17) is 4.74 Å². The Morgan fingerprint density at radius 1 is 1.17 bits per heavy atom. The maximum Gasteiger partial charge on any atom is 0.242 e. The van der Waals surface area contributed by atoms with Gasteiger partial charge in [-0.3, -0.25) is 4.79 Å². The van der Waals surface area contributed by atoms with E-state index < -0.39 is 5.25 Å². The normalized spacial score (nSPS) is 11.8. The molecule has 1 atom stereocenters. The van der Waals surface area contributed by atoms with Crippen LogP contribution in [-0.4, -0.2) is 27.8 Å². The Morgan fingerprint density at radius 2 is 2.00 bits per heavy atom. The Balaban J connectivity index is 1.80. The summed E-state index contributed by atoms with van der Waals surface area (Å²) < 4.78 is 7.27. The molecule has 152 valence electrons. The van der Waals surface area contributed by atoms with Crippen LogP contribution in [0.2, 0.25) is 0 Å². The van der Waals surface area contributed by atoms with Gasteiger partial charge >= 0.3 is 0 Å². The van der Waals surface area contributed by atoms with Crippen LogP contribution in [0.5, 0.6) is 5.75 Å². The summed E-state index contributed by atoms with van der Waals surface area (Å²) in [5.74, 6) is 0.583. The minimum Gasteiger partial charge on any atom is -0.497 e. The third kappa shape index (κ3) is 5.84. The predicted octanol–water partition coefficient (Wildman–Crippen LogP) is 4.95. The number of methoxy groups -OCH3 is 1. The van der Waals surface area contributed by atoms with Gasteiger partial charge in [-0.05, 0) is 24.1 Å². The van der Waals surface area contributed by atoms with Crippen LogP contribution >= 0.6 is 11.8 Å². The first-order valence-corrected chi connectivity index (χ1v) is 10.6. The Labute approximate surface area is 175 Å². The second-order valence-electron chi connectivity index (χ2n) is 6.64. The monoisotopic (exact) mass is 410 g/mol. The van der Waals surface area contributed by atoms with Crippen molar-refractivity contribution >= 4 is 23.4 Å². The lowest BCUT2D eigenvalue weighted by atomic mass is 10.1. The summed E-state index contributed by atoms with van der Waals surface area (Å²) in [6.45, 7) is 3.03. The maximum atomic E-state index is 13.2. The van der Waals surface area contributed by atoms with Crippen LogP contribution in [0, 0.1) is 0 Å². The molecule has 0 bridgehead atoms. The van der Waals surface area contributed by atoms with E-state index in [0.717, 1.165) is 36.5 Å². The van der Waals surface area contributed by atoms with Gasteiger partial charge in [-0.2, -0.15) is 0 Å². The largest absolute Gasteiger partial charge is 0.497 e. The molecule has 0 fully saturated rings. The lowest BCUT2D eigenvalue weighted by Crippen LogP contribution is -2.19. The highest BCUT2D eigenvalue weighted by atomic mass is 32.2. The van der Waals surface area contributed by atoms with Gasteiger partial charge in [-0.15, -0.1) is 10.2 Å². The molecule has 7 heteroatoms. The summed E-state index contributed by atoms with van der Waals surface area (Å²) in [7, 11) is 1.61. The Morgan fingerprint density at radius 3 is 2.76 bits per heavy atom. The molecule has 6 nitrogen and oxygen atoms in total. The highest BCUT2D eigenvalue weighted by Gasteiger charge is 2.24. The number of carbonyl (C=O) groups is 1. The first-order chi connectivity index (χ1) is 14.2. The topological polar surface area (TPSA) is 69.0 Å². The number of ether oxygens (including phenoxy) is 1. The average molecular weight is 411 g/mol. The van der Waals surface area contributed by atoms with Gasteiger partial charge in [0, 0.05) is 18.3 Å². The van der Waals surface area contributed by atoms with E-state index >= 15 is 0 Å². The number of nitrogens with one attached hydrogen (secondary N) is 1. The molecule has 0 aliphatic heterocycles. The van der Waals surface area contributed by atoms with Crippen molar-refractivity contribution in [2.24, 2.45) is 0 Å². The number of rotatable bonds is 10. The van der Waals surface area contributed by atoms with Crippen LogP contribution in [0.15, 0.2) is 66.1 Å². The zero-order valence-electron chi connectivity index (χ0n) is 16.7. The molecule has 0 aliphatic carbocycles. The number of anilines is 1. The minimum atomic E-state index is -0.448. The van der Waals surface area contributed by atoms with Crippen molar-refractivity contribution in [2.75, 3.05) is 12.4 Å². The molecule has 29 heavy (non-hydrogen) atoms. The molecule has 1 N–H and O–H groups in total. The van der Waals surface area contributed by atoms with E-state index in [9.17, 15) is 4.79 Å². The predicted molar refractivity (Wildman–Crippen MR) is 116 cm³/mol. The van der Waals surface area contributed by atoms with Crippen molar-refractivity contribution in [2.45, 2.75) is 43.1 Å². The van der Waals surface area contributed by atoms with E-state index in [0.29, 0.717) is 11.4 Å². The number of benzene rings is 2. The second-order valence-corrected chi connectivity index (χ2v) is 7.72. The second kappa shape index (κ2) is 10.7. The lowest BCUT2D eigenvalue weighted by molar-refractivity contribution is -0.115. The maximum absolute atomic E-state index is 13.2. The molecular weight excluding hydrogens is 384 g/mol. The fourth-order valence-electron chi connectivity index (χ4n) is 2.94. The van der Waals surface area contributed by atoms with Crippen LogP contribution in [0.4, 0.5) is 5.69 Å². The zero-order valence-corrected chi connectivity index (χ0v) is 17.6. The molecule has 3 aromatic rings. The quantitative estimate of drug-likeness (QED) is 0.378. The third-order valence-corrected chi connectivity index (χ3v) is 5.73. The lowest BCUT2D eigenvalue weighted by Gasteiger charge is -2.17. The van der Waals surface area contributed by atoms with Gasteiger partial charge in [0.25, 0.3) is 0 Å². The summed E-state index contributed by atoms with van der Waals surface area (Å²) in [4.78, 5) is 13.2. The standard InChI is InChI=1S/C22H26N4O2S/c1-3-4-8-14-26-16-23-25-22(26)29-20(17-10-6-5-7-11-17)21(27)24-18-12-9-13-19(15-18)28-2/h5-7,9-13,15-16,20H,3-4,8,14H2,1-2H3,(H,24,27)/t20-/m0/s1. The summed E-state index contributed by atoms with van der Waals surface area (Å²) in [6, 6.07) is 17.1. The molecule has 0 radical (unpaired) electrons. The molecule has 0 aliphatic rings. The Bertz CT molecular complexity index is 914. The van der Waals surface area contributed by atoms with Crippen LogP contribution in [0.1, 0.15) is 37.0 Å². The number of hydrogen-bond donors (Lipinski definition) is 1. The number of aromatic nitrogens is 3. The van der Waals surface area contributed by atoms with Gasteiger partial charge < -0.3 is 14.6 Å². The van der Waals surface area contributed by atoms with Crippen molar-refractivity contribution in [3.63, 3.8) is 0 Å². The first-order valence-electron chi connectivity index (χ1n) is 9.75. The molecule has 2 aromatic carbocycles. The fourth-order valence-corrected chi connectivity index (χ4v) is 3.97. The van der Waals surface area contributed by atoms with Crippen LogP contribution in [-0.2, 0) is 11.3 Å². The van der Waals surface area contributed by atoms with E-state index in [1.54, 1.807) is 19.5 Å². The number of thioether (sulfide) groups is 1. The molecule has 0 spiro atoms. The number of nitrogens with zero attached hydrogens (tertiary/aromatic N) is 3. The highest BCUT2D eigenvalue weighted by molar-refractivity contribution is 8.00. The number of hydrogen-bond acceptors (Lipinski definition) is 5. The number of carbonyl (C=O) groups excluding carboxylic acids is 1. The van der Waals surface area contributed by atoms with Crippen molar-refractivity contribution in [3.8, 4) is 5.75 Å². The van der Waals surface area contributed by atoms with Crippen LogP contribution < -0.4 is 10.1 Å². The van der Waals surface area contributed by atoms with Gasteiger partial charge in [0.1, 0.15) is 17.3 Å². The summed E-state index contributed by atoms with van der Waals surface area (Å²) in [5.41, 5.74) is 1.61. The smallest absolute Gasteiger partial charge is 0.242 e.